The number of quaternary nitrogens is 1. The van der Waals surface area contributed by atoms with Crippen molar-refractivity contribution in [2.45, 2.75) is 136 Å². The van der Waals surface area contributed by atoms with Gasteiger partial charge < -0.3 is 24.4 Å². The molecule has 10 nitrogen and oxygen atoms in total. The van der Waals surface area contributed by atoms with Gasteiger partial charge in [0.1, 0.15) is 22.8 Å². The Morgan fingerprint density at radius 3 is 1.93 bits per heavy atom. The fraction of sp³-hybridized carbons (Fsp3) is 0.906. The van der Waals surface area contributed by atoms with E-state index in [9.17, 15) is 14.4 Å². The number of likely N-dealkylation sites (N-methyl/N-ethyl adjacent to an activating group) is 2. The van der Waals surface area contributed by atoms with E-state index in [-0.39, 0.29) is 49.6 Å². The monoisotopic (exact) mass is 597 g/mol. The van der Waals surface area contributed by atoms with Crippen molar-refractivity contribution >= 4 is 17.9 Å². The Balaban J connectivity index is 2.65. The Bertz CT molecular complexity index is 937. The fourth-order valence-corrected chi connectivity index (χ4v) is 7.06. The summed E-state index contributed by atoms with van der Waals surface area (Å²) in [6.45, 7) is 21.5. The van der Waals surface area contributed by atoms with Gasteiger partial charge in [0.25, 0.3) is 0 Å². The molecule has 42 heavy (non-hydrogen) atoms. The Hall–Kier alpha value is -1.75. The van der Waals surface area contributed by atoms with Crippen LogP contribution in [0.3, 0.4) is 0 Å². The van der Waals surface area contributed by atoms with Gasteiger partial charge in [-0.25, -0.2) is 4.79 Å². The second-order valence-corrected chi connectivity index (χ2v) is 15.7. The predicted octanol–water partition coefficient (Wildman–Crippen LogP) is 3.49. The van der Waals surface area contributed by atoms with E-state index in [4.69, 9.17) is 19.9 Å². The molecule has 1 aliphatic heterocycles. The Morgan fingerprint density at radius 2 is 1.40 bits per heavy atom. The standard InChI is InChI=1S/C32H61N4O6/c1-12-35(20-27(38)41-30(5,6)7)32(17-18-33)22-34(19-26(37)40-29(2,3)4)24-15-13-14-16-25(24)36(11,23-32)21-28(39)42-31(8,9)10/h24-25H,12-23,33H2,1-11H3/q+1/t24-,25-,32?,36?/m1/s1. The first-order valence-corrected chi connectivity index (χ1v) is 15.8. The first-order chi connectivity index (χ1) is 19.1. The summed E-state index contributed by atoms with van der Waals surface area (Å²) in [4.78, 5) is 44.4. The molecule has 2 aliphatic rings. The van der Waals surface area contributed by atoms with Crippen molar-refractivity contribution in [3.8, 4) is 0 Å². The average Bonchev–Trinajstić information content (AvgIpc) is 2.87. The summed E-state index contributed by atoms with van der Waals surface area (Å²) >= 11 is 0. The molecular weight excluding hydrogens is 536 g/mol. The SMILES string of the molecule is CCN(CC(=O)OC(C)(C)C)C1(CCN)CN(CC(=O)OC(C)(C)C)[C@@H]2CCCC[C@H]2[N+](C)(CC(=O)OC(C)(C)C)C1. The zero-order chi connectivity index (χ0) is 32.1. The number of nitrogens with zero attached hydrogens (tertiary/aromatic N) is 3. The molecule has 1 saturated heterocycles. The third-order valence-electron chi connectivity index (χ3n) is 8.18. The van der Waals surface area contributed by atoms with Crippen LogP contribution >= 0.6 is 0 Å². The first-order valence-electron chi connectivity index (χ1n) is 15.8. The van der Waals surface area contributed by atoms with E-state index in [1.807, 2.05) is 69.2 Å². The van der Waals surface area contributed by atoms with Crippen LogP contribution in [0.1, 0.15) is 101 Å². The minimum Gasteiger partial charge on any atom is -0.459 e. The molecule has 2 rings (SSSR count). The average molecular weight is 598 g/mol. The van der Waals surface area contributed by atoms with Gasteiger partial charge in [-0.1, -0.05) is 13.3 Å². The number of hydrogen-bond donors (Lipinski definition) is 1. The van der Waals surface area contributed by atoms with Gasteiger partial charge in [-0.05, 0) is 94.7 Å². The number of ether oxygens (including phenoxy) is 3. The normalized spacial score (nSPS) is 27.6. The summed E-state index contributed by atoms with van der Waals surface area (Å²) in [5, 5.41) is 0. The van der Waals surface area contributed by atoms with Crippen molar-refractivity contribution in [1.29, 1.82) is 0 Å². The second-order valence-electron chi connectivity index (χ2n) is 15.7. The quantitative estimate of drug-likeness (QED) is 0.230. The maximum absolute atomic E-state index is 13.4. The number of hydrogen-bond acceptors (Lipinski definition) is 9. The summed E-state index contributed by atoms with van der Waals surface area (Å²) in [6, 6.07) is 0.173. The zero-order valence-corrected chi connectivity index (χ0v) is 28.5. The van der Waals surface area contributed by atoms with Gasteiger partial charge >= 0.3 is 17.9 Å². The summed E-state index contributed by atoms with van der Waals surface area (Å²) in [5.41, 5.74) is 3.91. The van der Waals surface area contributed by atoms with Gasteiger partial charge in [-0.3, -0.25) is 19.4 Å². The third-order valence-corrected chi connectivity index (χ3v) is 8.18. The second kappa shape index (κ2) is 13.9. The highest BCUT2D eigenvalue weighted by molar-refractivity contribution is 5.73. The van der Waals surface area contributed by atoms with Crippen LogP contribution in [0.2, 0.25) is 0 Å². The summed E-state index contributed by atoms with van der Waals surface area (Å²) in [7, 11) is 2.15. The smallest absolute Gasteiger partial charge is 0.362 e. The zero-order valence-electron chi connectivity index (χ0n) is 28.5. The maximum atomic E-state index is 13.4. The molecule has 0 bridgehead atoms. The number of carbonyl (C=O) groups excluding carboxylic acids is 3. The number of nitrogens with two attached hydrogens (primary N) is 1. The number of carbonyl (C=O) groups is 3. The molecule has 0 radical (unpaired) electrons. The van der Waals surface area contributed by atoms with E-state index in [0.717, 1.165) is 25.7 Å². The minimum atomic E-state index is -0.611. The van der Waals surface area contributed by atoms with E-state index in [1.54, 1.807) is 0 Å². The lowest BCUT2D eigenvalue weighted by molar-refractivity contribution is -0.932. The van der Waals surface area contributed by atoms with Gasteiger partial charge in [0.15, 0.2) is 6.54 Å². The molecule has 0 amide bonds. The van der Waals surface area contributed by atoms with Gasteiger partial charge in [-0.15, -0.1) is 0 Å². The van der Waals surface area contributed by atoms with E-state index in [0.29, 0.717) is 37.1 Å². The van der Waals surface area contributed by atoms with Crippen LogP contribution in [-0.4, -0.2) is 119 Å². The van der Waals surface area contributed by atoms with Gasteiger partial charge in [0.2, 0.25) is 0 Å². The Kier molecular flexibility index (Phi) is 12.1. The summed E-state index contributed by atoms with van der Waals surface area (Å²) < 4.78 is 17.8. The largest absolute Gasteiger partial charge is 0.459 e. The molecule has 244 valence electrons. The van der Waals surface area contributed by atoms with E-state index in [2.05, 4.69) is 16.8 Å². The molecule has 0 aromatic heterocycles. The highest BCUT2D eigenvalue weighted by atomic mass is 16.6. The van der Waals surface area contributed by atoms with E-state index < -0.39 is 22.3 Å². The van der Waals surface area contributed by atoms with Gasteiger partial charge in [0, 0.05) is 13.0 Å². The van der Waals surface area contributed by atoms with Crippen LogP contribution < -0.4 is 5.73 Å². The highest BCUT2D eigenvalue weighted by Crippen LogP contribution is 2.39. The molecule has 4 atom stereocenters. The molecule has 0 aromatic rings. The number of fused-ring (bicyclic) bond motifs is 1. The molecule has 0 aromatic carbocycles. The molecular formula is C32H61N4O6+. The van der Waals surface area contributed by atoms with Crippen molar-refractivity contribution in [3.05, 3.63) is 0 Å². The lowest BCUT2D eigenvalue weighted by Gasteiger charge is -2.49. The van der Waals surface area contributed by atoms with Crippen LogP contribution in [-0.2, 0) is 28.6 Å². The lowest BCUT2D eigenvalue weighted by atomic mass is 9.86. The first kappa shape index (κ1) is 36.4. The molecule has 1 heterocycles. The molecule has 2 N–H and O–H groups in total. The molecule has 2 unspecified atom stereocenters. The van der Waals surface area contributed by atoms with Crippen molar-refractivity contribution in [1.82, 2.24) is 9.80 Å². The van der Waals surface area contributed by atoms with Crippen LogP contribution in [0.4, 0.5) is 0 Å². The van der Waals surface area contributed by atoms with Gasteiger partial charge in [-0.2, -0.15) is 0 Å². The summed E-state index contributed by atoms with van der Waals surface area (Å²) in [6.07, 6.45) is 4.56. The predicted molar refractivity (Wildman–Crippen MR) is 165 cm³/mol. The minimum absolute atomic E-state index is 0.0681. The highest BCUT2D eigenvalue weighted by Gasteiger charge is 2.55. The van der Waals surface area contributed by atoms with Crippen LogP contribution in [0, 0.1) is 0 Å². The summed E-state index contributed by atoms with van der Waals surface area (Å²) in [5.74, 6) is -0.818. The molecule has 1 aliphatic carbocycles. The van der Waals surface area contributed by atoms with E-state index in [1.165, 1.54) is 0 Å². The van der Waals surface area contributed by atoms with Crippen LogP contribution in [0.5, 0.6) is 0 Å². The maximum Gasteiger partial charge on any atom is 0.362 e. The molecule has 2 fully saturated rings. The van der Waals surface area contributed by atoms with Crippen LogP contribution in [0.15, 0.2) is 0 Å². The van der Waals surface area contributed by atoms with Crippen molar-refractivity contribution in [2.24, 2.45) is 5.73 Å². The van der Waals surface area contributed by atoms with E-state index >= 15 is 0 Å². The molecule has 10 heteroatoms. The molecule has 1 saturated carbocycles. The Labute approximate surface area is 255 Å². The van der Waals surface area contributed by atoms with Gasteiger partial charge in [0.05, 0.1) is 38.3 Å². The lowest BCUT2D eigenvalue weighted by Crippen LogP contribution is -2.67. The van der Waals surface area contributed by atoms with Crippen LogP contribution in [0.25, 0.3) is 0 Å². The van der Waals surface area contributed by atoms with Crippen molar-refractivity contribution in [2.75, 3.05) is 52.9 Å². The number of esters is 3. The topological polar surface area (TPSA) is 111 Å². The Morgan fingerprint density at radius 1 is 0.881 bits per heavy atom. The fourth-order valence-electron chi connectivity index (χ4n) is 7.06. The molecule has 0 spiro atoms. The van der Waals surface area contributed by atoms with Crippen molar-refractivity contribution in [3.63, 3.8) is 0 Å². The number of rotatable bonds is 10. The third kappa shape index (κ3) is 10.8. The van der Waals surface area contributed by atoms with Crippen molar-refractivity contribution < 1.29 is 33.1 Å².